The van der Waals surface area contributed by atoms with E-state index in [9.17, 15) is 18.0 Å². The fourth-order valence-electron chi connectivity index (χ4n) is 3.64. The van der Waals surface area contributed by atoms with E-state index in [0.29, 0.717) is 18.6 Å². The molecular weight excluding hydrogens is 482 g/mol. The van der Waals surface area contributed by atoms with Gasteiger partial charge in [-0.1, -0.05) is 29.8 Å². The van der Waals surface area contributed by atoms with Crippen molar-refractivity contribution < 1.29 is 27.5 Å². The summed E-state index contributed by atoms with van der Waals surface area (Å²) in [6.07, 6.45) is 1.87. The van der Waals surface area contributed by atoms with Crippen molar-refractivity contribution in [3.8, 4) is 5.75 Å². The molecule has 0 aliphatic heterocycles. The van der Waals surface area contributed by atoms with E-state index in [4.69, 9.17) is 21.1 Å². The highest BCUT2D eigenvalue weighted by molar-refractivity contribution is 7.92. The molecule has 1 saturated carbocycles. The zero-order valence-corrected chi connectivity index (χ0v) is 20.4. The van der Waals surface area contributed by atoms with E-state index >= 15 is 0 Å². The second kappa shape index (κ2) is 11.3. The standard InChI is InChI=1S/C23H26ClN3O6S/c1-3-33-23(29)18-10-7-11-19(18)25-26-22(28)15-27(20-14-16(24)12-13-21(20)32-2)34(30,31)17-8-5-4-6-9-17/h4-6,8-9,12-14,18H,3,7,10-11,15H2,1-2H3,(H,26,28). The molecule has 11 heteroatoms. The maximum atomic E-state index is 13.5. The van der Waals surface area contributed by atoms with Crippen LogP contribution in [0.5, 0.6) is 5.75 Å². The first-order valence-corrected chi connectivity index (χ1v) is 12.5. The minimum atomic E-state index is -4.16. The van der Waals surface area contributed by atoms with Crippen LogP contribution in [0.15, 0.2) is 58.5 Å². The molecule has 0 saturated heterocycles. The summed E-state index contributed by atoms with van der Waals surface area (Å²) in [6.45, 7) is 1.38. The monoisotopic (exact) mass is 507 g/mol. The lowest BCUT2D eigenvalue weighted by molar-refractivity contribution is -0.145. The lowest BCUT2D eigenvalue weighted by atomic mass is 10.1. The van der Waals surface area contributed by atoms with Crippen LogP contribution in [0.25, 0.3) is 0 Å². The minimum absolute atomic E-state index is 0.00527. The minimum Gasteiger partial charge on any atom is -0.495 e. The van der Waals surface area contributed by atoms with Gasteiger partial charge in [0.2, 0.25) is 0 Å². The van der Waals surface area contributed by atoms with Gasteiger partial charge < -0.3 is 9.47 Å². The second-order valence-electron chi connectivity index (χ2n) is 7.48. The van der Waals surface area contributed by atoms with Crippen LogP contribution in [0.3, 0.4) is 0 Å². The largest absolute Gasteiger partial charge is 0.495 e. The normalized spacial score (nSPS) is 16.8. The number of sulfonamides is 1. The molecule has 1 N–H and O–H groups in total. The summed E-state index contributed by atoms with van der Waals surface area (Å²) in [7, 11) is -2.77. The van der Waals surface area contributed by atoms with Gasteiger partial charge in [-0.25, -0.2) is 13.8 Å². The molecule has 0 bridgehead atoms. The zero-order valence-electron chi connectivity index (χ0n) is 18.9. The first-order valence-electron chi connectivity index (χ1n) is 10.7. The van der Waals surface area contributed by atoms with E-state index in [1.54, 1.807) is 31.2 Å². The number of methoxy groups -OCH3 is 1. The maximum Gasteiger partial charge on any atom is 0.314 e. The Bertz CT molecular complexity index is 1170. The van der Waals surface area contributed by atoms with Crippen molar-refractivity contribution in [1.29, 1.82) is 0 Å². The summed E-state index contributed by atoms with van der Waals surface area (Å²) in [5, 5.41) is 4.38. The number of hydrazone groups is 1. The Balaban J connectivity index is 1.90. The second-order valence-corrected chi connectivity index (χ2v) is 9.77. The molecule has 3 rings (SSSR count). The number of anilines is 1. The number of carbonyl (C=O) groups is 2. The number of amides is 1. The molecule has 0 spiro atoms. The van der Waals surface area contributed by atoms with Crippen molar-refractivity contribution in [3.63, 3.8) is 0 Å². The third-order valence-electron chi connectivity index (χ3n) is 5.25. The molecule has 9 nitrogen and oxygen atoms in total. The van der Waals surface area contributed by atoms with Crippen molar-refractivity contribution in [3.05, 3.63) is 53.6 Å². The first kappa shape index (κ1) is 25.5. The summed E-state index contributed by atoms with van der Waals surface area (Å²) in [5.74, 6) is -1.37. The predicted molar refractivity (Wildman–Crippen MR) is 129 cm³/mol. The van der Waals surface area contributed by atoms with Gasteiger partial charge in [0.1, 0.15) is 12.3 Å². The topological polar surface area (TPSA) is 114 Å². The Morgan fingerprint density at radius 1 is 1.21 bits per heavy atom. The highest BCUT2D eigenvalue weighted by Crippen LogP contribution is 2.34. The summed E-state index contributed by atoms with van der Waals surface area (Å²) >= 11 is 6.13. The van der Waals surface area contributed by atoms with Crippen LogP contribution in [-0.2, 0) is 24.3 Å². The van der Waals surface area contributed by atoms with Crippen LogP contribution in [0.1, 0.15) is 26.2 Å². The van der Waals surface area contributed by atoms with Crippen molar-refractivity contribution in [2.75, 3.05) is 24.6 Å². The van der Waals surface area contributed by atoms with E-state index in [-0.39, 0.29) is 33.9 Å². The first-order chi connectivity index (χ1) is 16.3. The summed E-state index contributed by atoms with van der Waals surface area (Å²) in [5.41, 5.74) is 3.00. The van der Waals surface area contributed by atoms with Crippen LogP contribution in [0.4, 0.5) is 5.69 Å². The predicted octanol–water partition coefficient (Wildman–Crippen LogP) is 3.38. The lowest BCUT2D eigenvalue weighted by Gasteiger charge is -2.25. The molecule has 2 aromatic carbocycles. The maximum absolute atomic E-state index is 13.5. The van der Waals surface area contributed by atoms with Gasteiger partial charge in [0.25, 0.3) is 15.9 Å². The fraction of sp³-hybridized carbons (Fsp3) is 0.348. The van der Waals surface area contributed by atoms with Crippen LogP contribution in [0, 0.1) is 5.92 Å². The number of halogens is 1. The number of carbonyl (C=O) groups excluding carboxylic acids is 2. The summed E-state index contributed by atoms with van der Waals surface area (Å²) in [6, 6.07) is 12.2. The number of hydrogen-bond acceptors (Lipinski definition) is 7. The van der Waals surface area contributed by atoms with E-state index in [1.807, 2.05) is 0 Å². The van der Waals surface area contributed by atoms with Crippen LogP contribution in [0.2, 0.25) is 5.02 Å². The van der Waals surface area contributed by atoms with Gasteiger partial charge in [-0.3, -0.25) is 13.9 Å². The van der Waals surface area contributed by atoms with Crippen LogP contribution in [-0.4, -0.2) is 46.3 Å². The van der Waals surface area contributed by atoms with Crippen LogP contribution >= 0.6 is 11.6 Å². The molecule has 1 atom stereocenters. The number of ether oxygens (including phenoxy) is 2. The van der Waals surface area contributed by atoms with Crippen molar-refractivity contribution in [1.82, 2.24) is 5.43 Å². The van der Waals surface area contributed by atoms with Crippen molar-refractivity contribution >= 4 is 44.9 Å². The Kier molecular flexibility index (Phi) is 8.51. The van der Waals surface area contributed by atoms with Gasteiger partial charge in [0, 0.05) is 5.02 Å². The van der Waals surface area contributed by atoms with Gasteiger partial charge in [-0.2, -0.15) is 5.10 Å². The van der Waals surface area contributed by atoms with E-state index in [2.05, 4.69) is 10.5 Å². The molecule has 182 valence electrons. The number of hydrogen-bond donors (Lipinski definition) is 1. The number of rotatable bonds is 9. The molecule has 1 unspecified atom stereocenters. The van der Waals surface area contributed by atoms with Gasteiger partial charge in [-0.15, -0.1) is 0 Å². The molecular formula is C23H26ClN3O6S. The van der Waals surface area contributed by atoms with Crippen molar-refractivity contribution in [2.45, 2.75) is 31.1 Å². The quantitative estimate of drug-likeness (QED) is 0.411. The fourth-order valence-corrected chi connectivity index (χ4v) is 5.25. The van der Waals surface area contributed by atoms with Crippen molar-refractivity contribution in [2.24, 2.45) is 11.0 Å². The van der Waals surface area contributed by atoms with Gasteiger partial charge in [0.05, 0.1) is 35.9 Å². The number of nitrogens with one attached hydrogen (secondary N) is 1. The molecule has 34 heavy (non-hydrogen) atoms. The van der Waals surface area contributed by atoms with E-state index < -0.39 is 28.4 Å². The van der Waals surface area contributed by atoms with Crippen LogP contribution < -0.4 is 14.5 Å². The van der Waals surface area contributed by atoms with Gasteiger partial charge in [-0.05, 0) is 56.5 Å². The SMILES string of the molecule is CCOC(=O)C1CCCC1=NNC(=O)CN(c1cc(Cl)ccc1OC)S(=O)(=O)c1ccccc1. The highest BCUT2D eigenvalue weighted by Gasteiger charge is 2.32. The number of benzene rings is 2. The molecule has 0 aromatic heterocycles. The van der Waals surface area contributed by atoms with Gasteiger partial charge in [0.15, 0.2) is 0 Å². The van der Waals surface area contributed by atoms with E-state index in [1.165, 1.54) is 31.4 Å². The Morgan fingerprint density at radius 3 is 2.62 bits per heavy atom. The third kappa shape index (κ3) is 5.87. The molecule has 1 aliphatic rings. The summed E-state index contributed by atoms with van der Waals surface area (Å²) in [4.78, 5) is 25.0. The third-order valence-corrected chi connectivity index (χ3v) is 7.26. The smallest absolute Gasteiger partial charge is 0.314 e. The Labute approximate surface area is 203 Å². The highest BCUT2D eigenvalue weighted by atomic mass is 35.5. The molecule has 0 heterocycles. The average Bonchev–Trinajstić information content (AvgIpc) is 3.30. The molecule has 1 fully saturated rings. The molecule has 0 radical (unpaired) electrons. The lowest BCUT2D eigenvalue weighted by Crippen LogP contribution is -2.40. The Hall–Kier alpha value is -3.11. The number of esters is 1. The molecule has 1 amide bonds. The molecule has 2 aromatic rings. The molecule has 1 aliphatic carbocycles. The average molecular weight is 508 g/mol. The van der Waals surface area contributed by atoms with E-state index in [0.717, 1.165) is 10.7 Å². The van der Waals surface area contributed by atoms with Gasteiger partial charge >= 0.3 is 5.97 Å². The Morgan fingerprint density at radius 2 is 1.94 bits per heavy atom. The number of nitrogens with zero attached hydrogens (tertiary/aromatic N) is 2. The summed E-state index contributed by atoms with van der Waals surface area (Å²) < 4.78 is 38.3. The zero-order chi connectivity index (χ0) is 24.7.